The normalized spacial score (nSPS) is 23.0. The molecule has 0 aromatic heterocycles. The maximum absolute atomic E-state index is 13.4. The molecule has 0 spiro atoms. The van der Waals surface area contributed by atoms with Gasteiger partial charge in [-0.2, -0.15) is 0 Å². The van der Waals surface area contributed by atoms with Crippen LogP contribution < -0.4 is 10.1 Å². The molecule has 0 aliphatic carbocycles. The summed E-state index contributed by atoms with van der Waals surface area (Å²) in [4.78, 5) is 42.9. The first-order valence-corrected chi connectivity index (χ1v) is 12.9. The van der Waals surface area contributed by atoms with Crippen molar-refractivity contribution in [3.05, 3.63) is 64.7 Å². The number of morpholine rings is 1. The van der Waals surface area contributed by atoms with E-state index < -0.39 is 22.4 Å². The van der Waals surface area contributed by atoms with E-state index in [1.807, 2.05) is 37.5 Å². The zero-order chi connectivity index (χ0) is 26.4. The maximum Gasteiger partial charge on any atom is 0.255 e. The fraction of sp³-hybridized carbons (Fsp3) is 0.400. The van der Waals surface area contributed by atoms with Gasteiger partial charge in [-0.1, -0.05) is 35.5 Å². The highest BCUT2D eigenvalue weighted by Crippen LogP contribution is 2.50. The van der Waals surface area contributed by atoms with Crippen LogP contribution in [0.25, 0.3) is 0 Å². The van der Waals surface area contributed by atoms with Crippen LogP contribution in [-0.4, -0.2) is 91.3 Å². The molecule has 12 heteroatoms. The van der Waals surface area contributed by atoms with Crippen LogP contribution in [0.15, 0.2) is 42.5 Å². The first-order valence-electron chi connectivity index (χ1n) is 12.9. The second kappa shape index (κ2) is 9.72. The number of rotatable bonds is 6. The van der Waals surface area contributed by atoms with E-state index >= 15 is 0 Å². The molecule has 0 saturated carbocycles. The Bertz CT molecular complexity index is 1230. The van der Waals surface area contributed by atoms with Crippen LogP contribution in [0.2, 0.25) is 10.4 Å². The predicted octanol–water partition coefficient (Wildman–Crippen LogP) is -2.16. The van der Waals surface area contributed by atoms with Crippen molar-refractivity contribution < 1.29 is 23.9 Å². The van der Waals surface area contributed by atoms with Gasteiger partial charge < -0.3 is 14.4 Å². The molecule has 1 atom stereocenters. The van der Waals surface area contributed by atoms with Gasteiger partial charge in [0.1, 0.15) is 49.8 Å². The quantitative estimate of drug-likeness (QED) is 0.362. The molecule has 2 aromatic carbocycles. The molecule has 2 aromatic rings. The van der Waals surface area contributed by atoms with E-state index in [0.717, 1.165) is 44.0 Å². The molecule has 3 amide bonds. The number of carbonyl (C=O) groups excluding carboxylic acids is 3. The fourth-order valence-electron chi connectivity index (χ4n) is 5.42. The lowest BCUT2D eigenvalue weighted by molar-refractivity contribution is -0.138. The van der Waals surface area contributed by atoms with Crippen LogP contribution in [0.3, 0.4) is 0 Å². The van der Waals surface area contributed by atoms with Crippen molar-refractivity contribution in [3.8, 4) is 5.75 Å². The van der Waals surface area contributed by atoms with Gasteiger partial charge in [-0.05, 0) is 28.5 Å². The van der Waals surface area contributed by atoms with E-state index in [2.05, 4.69) is 34.5 Å². The summed E-state index contributed by atoms with van der Waals surface area (Å²) < 4.78 is 11.6. The minimum absolute atomic E-state index is 0.216. The minimum atomic E-state index is -0.825. The average Bonchev–Trinajstić information content (AvgIpc) is 3.19. The minimum Gasteiger partial charge on any atom is -0.489 e. The van der Waals surface area contributed by atoms with Gasteiger partial charge in [-0.15, -0.1) is 0 Å². The Hall–Kier alpha value is -2.97. The lowest BCUT2D eigenvalue weighted by Crippen LogP contribution is -2.66. The molecule has 3 aliphatic rings. The van der Waals surface area contributed by atoms with Gasteiger partial charge in [-0.3, -0.25) is 24.6 Å². The van der Waals surface area contributed by atoms with Crippen molar-refractivity contribution >= 4 is 49.1 Å². The van der Waals surface area contributed by atoms with Crippen molar-refractivity contribution in [1.82, 2.24) is 15.1 Å². The number of hydrogen-bond donors (Lipinski definition) is 1. The summed E-state index contributed by atoms with van der Waals surface area (Å²) in [5, 5.41) is 0.897. The van der Waals surface area contributed by atoms with Gasteiger partial charge in [0.05, 0.1) is 19.8 Å². The molecule has 0 bridgehead atoms. The Morgan fingerprint density at radius 3 is 2.35 bits per heavy atom. The summed E-state index contributed by atoms with van der Waals surface area (Å²) in [5.41, 5.74) is 3.60. The summed E-state index contributed by atoms with van der Waals surface area (Å²) in [6, 6.07) is 13.1. The van der Waals surface area contributed by atoms with Crippen LogP contribution in [-0.2, 0) is 34.0 Å². The predicted molar refractivity (Wildman–Crippen MR) is 150 cm³/mol. The number of fused-ring (bicyclic) bond motifs is 1. The summed E-state index contributed by atoms with van der Waals surface area (Å²) in [6.45, 7) is 5.01. The molecular formula is C25H31B4N3O5. The second-order valence-electron chi connectivity index (χ2n) is 11.3. The first kappa shape index (κ1) is 25.7. The van der Waals surface area contributed by atoms with Crippen LogP contribution in [0.4, 0.5) is 0 Å². The van der Waals surface area contributed by atoms with Gasteiger partial charge >= 0.3 is 0 Å². The third kappa shape index (κ3) is 4.61. The van der Waals surface area contributed by atoms with Gasteiger partial charge in [-0.25, -0.2) is 0 Å². The molecule has 3 heterocycles. The molecule has 3 aliphatic heterocycles. The van der Waals surface area contributed by atoms with Crippen LogP contribution in [0.1, 0.15) is 27.0 Å². The highest BCUT2D eigenvalue weighted by molar-refractivity contribution is 6.63. The highest BCUT2D eigenvalue weighted by Gasteiger charge is 2.57. The smallest absolute Gasteiger partial charge is 0.255 e. The summed E-state index contributed by atoms with van der Waals surface area (Å²) in [5.74, 6) is -0.334. The molecule has 1 N–H and O–H groups in total. The van der Waals surface area contributed by atoms with E-state index in [0.29, 0.717) is 17.9 Å². The lowest BCUT2D eigenvalue weighted by Gasteiger charge is -2.52. The molecule has 5 rings (SSSR count). The van der Waals surface area contributed by atoms with Gasteiger partial charge in [0.2, 0.25) is 11.8 Å². The number of hydrogen-bond acceptors (Lipinski definition) is 6. The highest BCUT2D eigenvalue weighted by atomic mass is 16.5. The first-order chi connectivity index (χ1) is 17.6. The number of ether oxygens (including phenoxy) is 2. The van der Waals surface area contributed by atoms with Crippen LogP contribution in [0.5, 0.6) is 5.75 Å². The van der Waals surface area contributed by atoms with Crippen molar-refractivity contribution in [3.63, 3.8) is 0 Å². The van der Waals surface area contributed by atoms with E-state index in [1.54, 1.807) is 17.0 Å². The average molecular weight is 497 g/mol. The topological polar surface area (TPSA) is 88.2 Å². The Morgan fingerprint density at radius 2 is 1.65 bits per heavy atom. The van der Waals surface area contributed by atoms with Crippen LogP contribution in [0, 0.1) is 0 Å². The van der Waals surface area contributed by atoms with E-state index in [4.69, 9.17) is 9.47 Å². The number of nitrogens with one attached hydrogen (secondary N) is 1. The molecule has 2 saturated heterocycles. The number of amides is 3. The molecule has 188 valence electrons. The summed E-state index contributed by atoms with van der Waals surface area (Å²) in [6.07, 6.45) is 0. The largest absolute Gasteiger partial charge is 0.489 e. The van der Waals surface area contributed by atoms with E-state index in [1.165, 1.54) is 5.56 Å². The Morgan fingerprint density at radius 1 is 0.973 bits per heavy atom. The molecular weight excluding hydrogens is 466 g/mol. The molecule has 8 nitrogen and oxygen atoms in total. The van der Waals surface area contributed by atoms with Crippen molar-refractivity contribution in [2.45, 2.75) is 36.2 Å². The number of carbonyl (C=O) groups is 3. The zero-order valence-electron chi connectivity index (χ0n) is 22.0. The van der Waals surface area contributed by atoms with Crippen LogP contribution >= 0.6 is 0 Å². The fourth-order valence-corrected chi connectivity index (χ4v) is 5.42. The third-order valence-electron chi connectivity index (χ3n) is 8.54. The van der Waals surface area contributed by atoms with Gasteiger partial charge in [0.15, 0.2) is 0 Å². The number of benzene rings is 2. The monoisotopic (exact) mass is 497 g/mol. The Balaban J connectivity index is 1.29. The maximum atomic E-state index is 13.4. The van der Waals surface area contributed by atoms with Crippen molar-refractivity contribution in [2.24, 2.45) is 0 Å². The molecule has 1 unspecified atom stereocenters. The summed E-state index contributed by atoms with van der Waals surface area (Å²) >= 11 is 0. The lowest BCUT2D eigenvalue weighted by atomic mass is 9.26. The second-order valence-corrected chi connectivity index (χ2v) is 11.3. The van der Waals surface area contributed by atoms with Crippen molar-refractivity contribution in [1.29, 1.82) is 0 Å². The van der Waals surface area contributed by atoms with Gasteiger partial charge in [0, 0.05) is 30.8 Å². The zero-order valence-corrected chi connectivity index (χ0v) is 22.0. The number of nitrogens with zero attached hydrogens (tertiary/aromatic N) is 2. The summed E-state index contributed by atoms with van der Waals surface area (Å²) in [7, 11) is 7.39. The number of piperidine rings is 1. The SMILES string of the molecule is BC1(B)C(=O)NC(=O)C(N2Cc3c(OCc4ccc(CN5CCOCC5)cc4)cccc3C2=O)C1(B)B. The molecule has 0 radical (unpaired) electrons. The van der Waals surface area contributed by atoms with E-state index in [9.17, 15) is 14.4 Å². The third-order valence-corrected chi connectivity index (χ3v) is 8.54. The molecule has 37 heavy (non-hydrogen) atoms. The van der Waals surface area contributed by atoms with Crippen molar-refractivity contribution in [2.75, 3.05) is 26.3 Å². The standard InChI is InChI=1S/C25H31B4N3O5/c26-24(27)20(21(33)30-23(35)25(24,28)29)32-13-18-17(22(32)34)2-1-3-19(18)37-14-16-6-4-15(5-7-16)12-31-8-10-36-11-9-31/h1-7,20H,8-14,26-29H2,(H,30,33,35). The molecule has 2 fully saturated rings. The van der Waals surface area contributed by atoms with Gasteiger partial charge in [0.25, 0.3) is 5.91 Å². The number of imide groups is 1. The van der Waals surface area contributed by atoms with E-state index in [-0.39, 0.29) is 18.4 Å². The Labute approximate surface area is 221 Å². The Kier molecular flexibility index (Phi) is 6.75.